The zero-order chi connectivity index (χ0) is 20.2. The number of morpholine rings is 1. The van der Waals surface area contributed by atoms with Gasteiger partial charge in [0.05, 0.1) is 23.4 Å². The molecule has 1 aliphatic rings. The second-order valence-corrected chi connectivity index (χ2v) is 9.08. The van der Waals surface area contributed by atoms with Gasteiger partial charge < -0.3 is 4.74 Å². The summed E-state index contributed by atoms with van der Waals surface area (Å²) in [6, 6.07) is 13.3. The molecule has 1 amide bonds. The number of thioether (sulfide) groups is 1. The zero-order valence-electron chi connectivity index (χ0n) is 16.5. The molecular formula is C21H23Cl2N3O2S2. The number of ether oxygens (including phenoxy) is 1. The number of nitrogens with zero attached hydrogens (tertiary/aromatic N) is 3. The molecule has 30 heavy (non-hydrogen) atoms. The van der Waals surface area contributed by atoms with Crippen molar-refractivity contribution in [2.24, 2.45) is 0 Å². The van der Waals surface area contributed by atoms with Gasteiger partial charge >= 0.3 is 0 Å². The van der Waals surface area contributed by atoms with Crippen LogP contribution < -0.4 is 4.90 Å². The normalized spacial score (nSPS) is 14.5. The van der Waals surface area contributed by atoms with E-state index in [-0.39, 0.29) is 18.3 Å². The fourth-order valence-corrected chi connectivity index (χ4v) is 5.00. The van der Waals surface area contributed by atoms with Crippen molar-refractivity contribution >= 4 is 68.4 Å². The number of amides is 1. The van der Waals surface area contributed by atoms with Gasteiger partial charge in [-0.2, -0.15) is 0 Å². The summed E-state index contributed by atoms with van der Waals surface area (Å²) in [6.45, 7) is 4.59. The van der Waals surface area contributed by atoms with Crippen LogP contribution in [-0.2, 0) is 4.74 Å². The number of hydrogen-bond donors (Lipinski definition) is 0. The van der Waals surface area contributed by atoms with E-state index in [9.17, 15) is 4.79 Å². The number of carbonyl (C=O) groups excluding carboxylic acids is 1. The Morgan fingerprint density at radius 3 is 2.80 bits per heavy atom. The van der Waals surface area contributed by atoms with Crippen molar-refractivity contribution in [2.45, 2.75) is 4.90 Å². The van der Waals surface area contributed by atoms with Gasteiger partial charge in [0.15, 0.2) is 5.13 Å². The molecule has 9 heteroatoms. The molecule has 0 N–H and O–H groups in total. The molecule has 4 rings (SSSR count). The maximum absolute atomic E-state index is 13.4. The third-order valence-electron chi connectivity index (χ3n) is 4.88. The number of aromatic nitrogens is 1. The topological polar surface area (TPSA) is 45.7 Å². The predicted octanol–water partition coefficient (Wildman–Crippen LogP) is 5.07. The third kappa shape index (κ3) is 5.46. The molecule has 2 aromatic carbocycles. The van der Waals surface area contributed by atoms with Gasteiger partial charge in [0.25, 0.3) is 5.91 Å². The summed E-state index contributed by atoms with van der Waals surface area (Å²) in [4.78, 5) is 23.4. The van der Waals surface area contributed by atoms with Gasteiger partial charge in [0.2, 0.25) is 0 Å². The number of thiazole rings is 1. The first kappa shape index (κ1) is 23.3. The largest absolute Gasteiger partial charge is 0.379 e. The predicted molar refractivity (Wildman–Crippen MR) is 129 cm³/mol. The van der Waals surface area contributed by atoms with Crippen molar-refractivity contribution in [3.63, 3.8) is 0 Å². The molecule has 2 heterocycles. The number of fused-ring (bicyclic) bond motifs is 1. The van der Waals surface area contributed by atoms with Gasteiger partial charge in [-0.1, -0.05) is 29.0 Å². The average Bonchev–Trinajstić information content (AvgIpc) is 3.17. The summed E-state index contributed by atoms with van der Waals surface area (Å²) in [5.74, 6) is -0.0788. The minimum absolute atomic E-state index is 0. The van der Waals surface area contributed by atoms with E-state index in [1.165, 1.54) is 4.90 Å². The molecule has 1 saturated heterocycles. The van der Waals surface area contributed by atoms with Crippen LogP contribution in [0.2, 0.25) is 5.02 Å². The van der Waals surface area contributed by atoms with E-state index in [0.29, 0.717) is 17.1 Å². The minimum Gasteiger partial charge on any atom is -0.379 e. The lowest BCUT2D eigenvalue weighted by Gasteiger charge is -2.29. The van der Waals surface area contributed by atoms with Crippen molar-refractivity contribution in [3.05, 3.63) is 53.1 Å². The van der Waals surface area contributed by atoms with Crippen LogP contribution in [0.5, 0.6) is 0 Å². The van der Waals surface area contributed by atoms with E-state index in [2.05, 4.69) is 23.3 Å². The highest BCUT2D eigenvalue weighted by Crippen LogP contribution is 2.32. The number of carbonyl (C=O) groups is 1. The maximum Gasteiger partial charge on any atom is 0.260 e. The molecule has 1 aliphatic heterocycles. The first-order chi connectivity index (χ1) is 14.1. The number of halogens is 2. The second kappa shape index (κ2) is 10.8. The highest BCUT2D eigenvalue weighted by Gasteiger charge is 2.23. The molecule has 160 valence electrons. The number of anilines is 1. The lowest BCUT2D eigenvalue weighted by molar-refractivity contribution is 0.0391. The van der Waals surface area contributed by atoms with Crippen molar-refractivity contribution in [1.82, 2.24) is 9.88 Å². The standard InChI is InChI=1S/C21H22ClN3O2S2.ClH/c1-28-17-5-6-18-19(14-17)29-21(23-18)25(8-7-24-9-11-27-12-10-24)20(26)15-3-2-4-16(22)13-15;/h2-6,13-14H,7-12H2,1H3;1H. The lowest BCUT2D eigenvalue weighted by Crippen LogP contribution is -2.43. The Bertz CT molecular complexity index is 1010. The summed E-state index contributed by atoms with van der Waals surface area (Å²) in [5.41, 5.74) is 1.49. The van der Waals surface area contributed by atoms with Crippen molar-refractivity contribution in [2.75, 3.05) is 50.5 Å². The van der Waals surface area contributed by atoms with Gasteiger partial charge in [-0.05, 0) is 42.7 Å². The Hall–Kier alpha value is -1.35. The minimum atomic E-state index is -0.0788. The molecule has 0 radical (unpaired) electrons. The number of benzene rings is 2. The number of rotatable bonds is 6. The Morgan fingerprint density at radius 2 is 2.07 bits per heavy atom. The fourth-order valence-electron chi connectivity index (χ4n) is 3.26. The highest BCUT2D eigenvalue weighted by atomic mass is 35.5. The molecular weight excluding hydrogens is 461 g/mol. The van der Waals surface area contributed by atoms with Crippen LogP contribution >= 0.6 is 47.1 Å². The van der Waals surface area contributed by atoms with E-state index in [0.717, 1.165) is 48.2 Å². The van der Waals surface area contributed by atoms with Gasteiger partial charge in [-0.3, -0.25) is 14.6 Å². The summed E-state index contributed by atoms with van der Waals surface area (Å²) >= 11 is 9.38. The van der Waals surface area contributed by atoms with Crippen molar-refractivity contribution in [1.29, 1.82) is 0 Å². The quantitative estimate of drug-likeness (QED) is 0.457. The van der Waals surface area contributed by atoms with Crippen LogP contribution in [0.3, 0.4) is 0 Å². The van der Waals surface area contributed by atoms with Crippen LogP contribution in [-0.4, -0.2) is 61.4 Å². The molecule has 3 aromatic rings. The van der Waals surface area contributed by atoms with Crippen LogP contribution in [0.1, 0.15) is 10.4 Å². The van der Waals surface area contributed by atoms with Crippen molar-refractivity contribution < 1.29 is 9.53 Å². The Kier molecular flexibility index (Phi) is 8.39. The molecule has 0 unspecified atom stereocenters. The van der Waals surface area contributed by atoms with Crippen LogP contribution in [0.15, 0.2) is 47.4 Å². The van der Waals surface area contributed by atoms with E-state index < -0.39 is 0 Å². The van der Waals surface area contributed by atoms with Gasteiger partial charge in [-0.15, -0.1) is 24.2 Å². The summed E-state index contributed by atoms with van der Waals surface area (Å²) in [5, 5.41) is 1.27. The molecule has 0 aliphatic carbocycles. The van der Waals surface area contributed by atoms with E-state index in [1.54, 1.807) is 52.3 Å². The Labute approximate surface area is 195 Å². The molecule has 1 aromatic heterocycles. The van der Waals surface area contributed by atoms with E-state index in [4.69, 9.17) is 21.3 Å². The molecule has 5 nitrogen and oxygen atoms in total. The lowest BCUT2D eigenvalue weighted by atomic mass is 10.2. The smallest absolute Gasteiger partial charge is 0.260 e. The first-order valence-electron chi connectivity index (χ1n) is 9.46. The Morgan fingerprint density at radius 1 is 1.27 bits per heavy atom. The molecule has 0 bridgehead atoms. The monoisotopic (exact) mass is 483 g/mol. The van der Waals surface area contributed by atoms with E-state index >= 15 is 0 Å². The summed E-state index contributed by atoms with van der Waals surface area (Å²) in [7, 11) is 0. The third-order valence-corrected chi connectivity index (χ3v) is 6.88. The molecule has 1 fully saturated rings. The zero-order valence-corrected chi connectivity index (χ0v) is 19.8. The summed E-state index contributed by atoms with van der Waals surface area (Å²) in [6.07, 6.45) is 2.06. The second-order valence-electron chi connectivity index (χ2n) is 6.75. The summed E-state index contributed by atoms with van der Waals surface area (Å²) < 4.78 is 6.52. The number of hydrogen-bond acceptors (Lipinski definition) is 6. The average molecular weight is 484 g/mol. The SMILES string of the molecule is CSc1ccc2nc(N(CCN3CCOCC3)C(=O)c3cccc(Cl)c3)sc2c1.Cl. The van der Waals surface area contributed by atoms with Gasteiger partial charge in [0, 0.05) is 41.7 Å². The first-order valence-corrected chi connectivity index (χ1v) is 11.9. The van der Waals surface area contributed by atoms with Gasteiger partial charge in [0.1, 0.15) is 0 Å². The van der Waals surface area contributed by atoms with Crippen molar-refractivity contribution in [3.8, 4) is 0 Å². The van der Waals surface area contributed by atoms with E-state index in [1.807, 2.05) is 6.07 Å². The highest BCUT2D eigenvalue weighted by molar-refractivity contribution is 7.98. The molecule has 0 atom stereocenters. The van der Waals surface area contributed by atoms with Crippen LogP contribution in [0, 0.1) is 0 Å². The molecule has 0 spiro atoms. The van der Waals surface area contributed by atoms with Crippen LogP contribution in [0.4, 0.5) is 5.13 Å². The van der Waals surface area contributed by atoms with Gasteiger partial charge in [-0.25, -0.2) is 4.98 Å². The molecule has 0 saturated carbocycles. The van der Waals surface area contributed by atoms with Crippen LogP contribution in [0.25, 0.3) is 10.2 Å². The Balaban J connectivity index is 0.00000256. The fraction of sp³-hybridized carbons (Fsp3) is 0.333. The maximum atomic E-state index is 13.4.